The number of benzene rings is 1. The highest BCUT2D eigenvalue weighted by Crippen LogP contribution is 2.08. The van der Waals surface area contributed by atoms with E-state index in [1.165, 1.54) is 0 Å². The van der Waals surface area contributed by atoms with Crippen LogP contribution in [0.2, 0.25) is 0 Å². The number of ketones is 1. The molecule has 0 unspecified atom stereocenters. The lowest BCUT2D eigenvalue weighted by molar-refractivity contribution is -0.116. The second-order valence-electron chi connectivity index (χ2n) is 3.62. The van der Waals surface area contributed by atoms with E-state index in [0.717, 1.165) is 12.0 Å². The molecule has 0 aliphatic carbocycles. The summed E-state index contributed by atoms with van der Waals surface area (Å²) >= 11 is 0. The fraction of sp³-hybridized carbons (Fsp3) is 0.385. The summed E-state index contributed by atoms with van der Waals surface area (Å²) in [6, 6.07) is 7.17. The van der Waals surface area contributed by atoms with Crippen molar-refractivity contribution in [2.24, 2.45) is 0 Å². The molecule has 0 bridgehead atoms. The molecule has 1 aromatic rings. The summed E-state index contributed by atoms with van der Waals surface area (Å²) < 4.78 is 4.87. The maximum Gasteiger partial charge on any atom is 0.338 e. The average molecular weight is 220 g/mol. The Morgan fingerprint density at radius 3 is 2.31 bits per heavy atom. The minimum atomic E-state index is -0.305. The maximum absolute atomic E-state index is 11.3. The monoisotopic (exact) mass is 220 g/mol. The van der Waals surface area contributed by atoms with Crippen LogP contribution in [0, 0.1) is 0 Å². The Labute approximate surface area is 95.4 Å². The summed E-state index contributed by atoms with van der Waals surface area (Å²) in [6.07, 6.45) is 1.26. The standard InChI is InChI=1S/C13H16O3/c1-3-16-13(15)12-8-6-11(7-9-12)5-4-10(2)14/h6-9H,3-5H2,1-2H3. The molecule has 0 aliphatic heterocycles. The summed E-state index contributed by atoms with van der Waals surface area (Å²) in [4.78, 5) is 22.1. The highest BCUT2D eigenvalue weighted by atomic mass is 16.5. The first-order valence-corrected chi connectivity index (χ1v) is 5.39. The Bertz CT molecular complexity index is 365. The second kappa shape index (κ2) is 6.05. The van der Waals surface area contributed by atoms with Crippen molar-refractivity contribution in [3.63, 3.8) is 0 Å². The minimum Gasteiger partial charge on any atom is -0.462 e. The molecular formula is C13H16O3. The van der Waals surface area contributed by atoms with Gasteiger partial charge in [-0.15, -0.1) is 0 Å². The van der Waals surface area contributed by atoms with Crippen molar-refractivity contribution < 1.29 is 14.3 Å². The van der Waals surface area contributed by atoms with Crippen LogP contribution in [0.4, 0.5) is 0 Å². The molecule has 3 nitrogen and oxygen atoms in total. The van der Waals surface area contributed by atoms with Gasteiger partial charge in [0.05, 0.1) is 12.2 Å². The average Bonchev–Trinajstić information content (AvgIpc) is 2.27. The molecule has 1 rings (SSSR count). The number of rotatable bonds is 5. The molecule has 16 heavy (non-hydrogen) atoms. The molecule has 0 aliphatic rings. The van der Waals surface area contributed by atoms with Gasteiger partial charge in [-0.25, -0.2) is 4.79 Å². The van der Waals surface area contributed by atoms with Gasteiger partial charge >= 0.3 is 5.97 Å². The van der Waals surface area contributed by atoms with Crippen LogP contribution in [0.25, 0.3) is 0 Å². The van der Waals surface area contributed by atoms with Gasteiger partial charge in [-0.2, -0.15) is 0 Å². The molecular weight excluding hydrogens is 204 g/mol. The largest absolute Gasteiger partial charge is 0.462 e. The first-order valence-electron chi connectivity index (χ1n) is 5.39. The topological polar surface area (TPSA) is 43.4 Å². The predicted molar refractivity (Wildman–Crippen MR) is 61.4 cm³/mol. The summed E-state index contributed by atoms with van der Waals surface area (Å²) in [7, 11) is 0. The smallest absolute Gasteiger partial charge is 0.338 e. The number of esters is 1. The van der Waals surface area contributed by atoms with Crippen LogP contribution in [0.3, 0.4) is 0 Å². The first kappa shape index (κ1) is 12.4. The lowest BCUT2D eigenvalue weighted by Gasteiger charge is -2.03. The summed E-state index contributed by atoms with van der Waals surface area (Å²) in [5, 5.41) is 0. The van der Waals surface area contributed by atoms with Gasteiger partial charge in [-0.05, 0) is 38.0 Å². The molecule has 0 N–H and O–H groups in total. The van der Waals surface area contributed by atoms with E-state index in [2.05, 4.69) is 0 Å². The zero-order valence-electron chi connectivity index (χ0n) is 9.66. The molecule has 0 radical (unpaired) electrons. The Hall–Kier alpha value is -1.64. The number of hydrogen-bond donors (Lipinski definition) is 0. The van der Waals surface area contributed by atoms with Crippen molar-refractivity contribution in [1.82, 2.24) is 0 Å². The zero-order chi connectivity index (χ0) is 12.0. The molecule has 0 fully saturated rings. The third-order valence-corrected chi connectivity index (χ3v) is 2.23. The minimum absolute atomic E-state index is 0.175. The van der Waals surface area contributed by atoms with Gasteiger partial charge in [0.25, 0.3) is 0 Å². The molecule has 0 atom stereocenters. The first-order chi connectivity index (χ1) is 7.63. The van der Waals surface area contributed by atoms with Crippen LogP contribution < -0.4 is 0 Å². The maximum atomic E-state index is 11.3. The molecule has 0 aromatic heterocycles. The molecule has 0 saturated carbocycles. The molecule has 86 valence electrons. The quantitative estimate of drug-likeness (QED) is 0.715. The van der Waals surface area contributed by atoms with Crippen molar-refractivity contribution >= 4 is 11.8 Å². The van der Waals surface area contributed by atoms with E-state index >= 15 is 0 Å². The summed E-state index contributed by atoms with van der Waals surface area (Å²) in [6.45, 7) is 3.73. The summed E-state index contributed by atoms with van der Waals surface area (Å²) in [5.74, 6) is -0.130. The fourth-order valence-electron chi connectivity index (χ4n) is 1.34. The van der Waals surface area contributed by atoms with Crippen LogP contribution in [0.5, 0.6) is 0 Å². The van der Waals surface area contributed by atoms with E-state index in [1.807, 2.05) is 12.1 Å². The van der Waals surface area contributed by atoms with E-state index in [1.54, 1.807) is 26.0 Å². The number of ether oxygens (including phenoxy) is 1. The Kier molecular flexibility index (Phi) is 4.70. The summed E-state index contributed by atoms with van der Waals surface area (Å²) in [5.41, 5.74) is 1.61. The molecule has 0 spiro atoms. The Morgan fingerprint density at radius 2 is 1.81 bits per heavy atom. The van der Waals surface area contributed by atoms with Crippen LogP contribution in [-0.2, 0) is 16.0 Å². The Morgan fingerprint density at radius 1 is 1.19 bits per heavy atom. The van der Waals surface area contributed by atoms with Gasteiger partial charge in [0.1, 0.15) is 5.78 Å². The van der Waals surface area contributed by atoms with Crippen molar-refractivity contribution in [1.29, 1.82) is 0 Å². The lowest BCUT2D eigenvalue weighted by atomic mass is 10.1. The fourth-order valence-corrected chi connectivity index (χ4v) is 1.34. The van der Waals surface area contributed by atoms with E-state index in [4.69, 9.17) is 4.74 Å². The zero-order valence-corrected chi connectivity index (χ0v) is 9.66. The van der Waals surface area contributed by atoms with Gasteiger partial charge in [-0.1, -0.05) is 12.1 Å². The van der Waals surface area contributed by atoms with Gasteiger partial charge < -0.3 is 9.53 Å². The third-order valence-electron chi connectivity index (χ3n) is 2.23. The molecule has 3 heteroatoms. The SMILES string of the molecule is CCOC(=O)c1ccc(CCC(C)=O)cc1. The number of carbonyl (C=O) groups excluding carboxylic acids is 2. The van der Waals surface area contributed by atoms with E-state index in [-0.39, 0.29) is 11.8 Å². The number of carbonyl (C=O) groups is 2. The van der Waals surface area contributed by atoms with Crippen LogP contribution in [0.1, 0.15) is 36.2 Å². The third kappa shape index (κ3) is 3.85. The normalized spacial score (nSPS) is 9.88. The van der Waals surface area contributed by atoms with E-state index in [9.17, 15) is 9.59 Å². The molecule has 0 heterocycles. The highest BCUT2D eigenvalue weighted by molar-refractivity contribution is 5.89. The van der Waals surface area contributed by atoms with Crippen LogP contribution in [0.15, 0.2) is 24.3 Å². The number of aryl methyl sites for hydroxylation is 1. The van der Waals surface area contributed by atoms with Gasteiger partial charge in [0.2, 0.25) is 0 Å². The van der Waals surface area contributed by atoms with Crippen LogP contribution in [-0.4, -0.2) is 18.4 Å². The van der Waals surface area contributed by atoms with E-state index < -0.39 is 0 Å². The molecule has 0 saturated heterocycles. The highest BCUT2D eigenvalue weighted by Gasteiger charge is 2.05. The van der Waals surface area contributed by atoms with E-state index in [0.29, 0.717) is 18.6 Å². The Balaban J connectivity index is 2.60. The van der Waals surface area contributed by atoms with Crippen molar-refractivity contribution in [3.8, 4) is 0 Å². The van der Waals surface area contributed by atoms with Gasteiger partial charge in [-0.3, -0.25) is 0 Å². The lowest BCUT2D eigenvalue weighted by Crippen LogP contribution is -2.04. The number of hydrogen-bond acceptors (Lipinski definition) is 3. The van der Waals surface area contributed by atoms with Crippen molar-refractivity contribution in [3.05, 3.63) is 35.4 Å². The second-order valence-corrected chi connectivity index (χ2v) is 3.62. The van der Waals surface area contributed by atoms with Gasteiger partial charge in [0.15, 0.2) is 0 Å². The number of Topliss-reactive ketones (excluding diaryl/α,β-unsaturated/α-hetero) is 1. The predicted octanol–water partition coefficient (Wildman–Crippen LogP) is 2.38. The molecule has 0 amide bonds. The van der Waals surface area contributed by atoms with Crippen LogP contribution >= 0.6 is 0 Å². The molecule has 1 aromatic carbocycles. The van der Waals surface area contributed by atoms with Gasteiger partial charge in [0, 0.05) is 6.42 Å². The van der Waals surface area contributed by atoms with Crippen molar-refractivity contribution in [2.75, 3.05) is 6.61 Å². The van der Waals surface area contributed by atoms with Crippen molar-refractivity contribution in [2.45, 2.75) is 26.7 Å².